The first kappa shape index (κ1) is 20.5. The molecular weight excluding hydrogens is 422 g/mol. The van der Waals surface area contributed by atoms with Crippen molar-refractivity contribution in [1.82, 2.24) is 10.2 Å². The lowest BCUT2D eigenvalue weighted by Crippen LogP contribution is -2.54. The molecule has 3 heterocycles. The van der Waals surface area contributed by atoms with Gasteiger partial charge >= 0.3 is 0 Å². The fraction of sp³-hybridized carbons (Fsp3) is 0.545. The predicted molar refractivity (Wildman–Crippen MR) is 112 cm³/mol. The Morgan fingerprint density at radius 1 is 1.23 bits per heavy atom. The lowest BCUT2D eigenvalue weighted by Gasteiger charge is -2.30. The van der Waals surface area contributed by atoms with E-state index in [9.17, 15) is 19.2 Å². The van der Waals surface area contributed by atoms with E-state index in [0.29, 0.717) is 17.7 Å². The normalized spacial score (nSPS) is 28.4. The van der Waals surface area contributed by atoms with Gasteiger partial charge in [0.2, 0.25) is 11.8 Å². The maximum absolute atomic E-state index is 13.6. The second-order valence-corrected chi connectivity index (χ2v) is 9.35. The van der Waals surface area contributed by atoms with E-state index in [4.69, 9.17) is 16.3 Å². The topological polar surface area (TPSA) is 105 Å². The summed E-state index contributed by atoms with van der Waals surface area (Å²) in [7, 11) is 0. The smallest absolute Gasteiger partial charge is 0.252 e. The first-order valence-electron chi connectivity index (χ1n) is 10.7. The van der Waals surface area contributed by atoms with Crippen LogP contribution >= 0.6 is 11.6 Å². The Bertz CT molecular complexity index is 960. The Labute approximate surface area is 184 Å². The number of rotatable bonds is 4. The lowest BCUT2D eigenvalue weighted by molar-refractivity contribution is -0.139. The highest BCUT2D eigenvalue weighted by Crippen LogP contribution is 2.34. The van der Waals surface area contributed by atoms with Gasteiger partial charge in [-0.1, -0.05) is 18.9 Å². The predicted octanol–water partition coefficient (Wildman–Crippen LogP) is 1.26. The molecule has 0 unspecified atom stereocenters. The summed E-state index contributed by atoms with van der Waals surface area (Å²) in [5.41, 5.74) is 1.86. The Morgan fingerprint density at radius 3 is 2.77 bits per heavy atom. The number of hydrogen-bond donors (Lipinski definition) is 2. The average Bonchev–Trinajstić information content (AvgIpc) is 3.51. The molecule has 3 aliphatic heterocycles. The van der Waals surface area contributed by atoms with Gasteiger partial charge in [-0.05, 0) is 36.5 Å². The summed E-state index contributed by atoms with van der Waals surface area (Å²) in [5, 5.41) is 5.23. The van der Waals surface area contributed by atoms with Gasteiger partial charge in [-0.15, -0.1) is 11.6 Å². The molecule has 5 rings (SSSR count). The van der Waals surface area contributed by atoms with Crippen LogP contribution in [0.3, 0.4) is 0 Å². The van der Waals surface area contributed by atoms with Crippen molar-refractivity contribution in [3.05, 3.63) is 29.3 Å². The monoisotopic (exact) mass is 445 g/mol. The zero-order chi connectivity index (χ0) is 21.7. The van der Waals surface area contributed by atoms with Gasteiger partial charge in [-0.3, -0.25) is 19.2 Å². The molecule has 31 heavy (non-hydrogen) atoms. The molecule has 0 bridgehead atoms. The number of fused-ring (bicyclic) bond motifs is 2. The van der Waals surface area contributed by atoms with Crippen LogP contribution in [0, 0.1) is 5.92 Å². The first-order valence-corrected chi connectivity index (χ1v) is 11.2. The molecule has 164 valence electrons. The highest BCUT2D eigenvalue weighted by atomic mass is 35.5. The molecule has 1 aromatic rings. The van der Waals surface area contributed by atoms with Crippen LogP contribution in [0.25, 0.3) is 0 Å². The number of carbonyl (C=O) groups excluding carboxylic acids is 4. The summed E-state index contributed by atoms with van der Waals surface area (Å²) >= 11 is 6.36. The number of Topliss-reactive ketones (excluding diaryl/α,β-unsaturated/α-hetero) is 1. The summed E-state index contributed by atoms with van der Waals surface area (Å²) < 4.78 is 5.49. The summed E-state index contributed by atoms with van der Waals surface area (Å²) in [6.45, 7) is 0.190. The van der Waals surface area contributed by atoms with E-state index in [0.717, 1.165) is 31.2 Å². The number of ether oxygens (including phenoxy) is 1. The average molecular weight is 446 g/mol. The maximum Gasteiger partial charge on any atom is 0.252 e. The molecule has 0 aromatic heterocycles. The number of halogens is 1. The Hall–Kier alpha value is -2.45. The standard InChI is InChI=1S/C22H24ClN3O5/c23-14-9-26(19-16(27)10-31-20(14)19)22(30)18(11-3-1-2-4-11)25-21(29)13-6-5-12-8-17(28)24-15(12)7-13/h5-7,11,14,18-20H,1-4,8-10H2,(H,24,28)(H,25,29)/t14-,18-,19+,20+/m0/s1. The molecule has 3 amide bonds. The molecule has 2 N–H and O–H groups in total. The van der Waals surface area contributed by atoms with Gasteiger partial charge in [0.1, 0.15) is 24.8 Å². The lowest BCUT2D eigenvalue weighted by atomic mass is 9.95. The van der Waals surface area contributed by atoms with Crippen molar-refractivity contribution in [2.75, 3.05) is 18.5 Å². The van der Waals surface area contributed by atoms with Crippen LogP contribution in [0.4, 0.5) is 5.69 Å². The van der Waals surface area contributed by atoms with Crippen molar-refractivity contribution in [3.8, 4) is 0 Å². The number of nitrogens with one attached hydrogen (secondary N) is 2. The molecule has 8 nitrogen and oxygen atoms in total. The number of hydrogen-bond acceptors (Lipinski definition) is 5. The molecule has 3 fully saturated rings. The Morgan fingerprint density at radius 2 is 2.00 bits per heavy atom. The number of anilines is 1. The van der Waals surface area contributed by atoms with Crippen molar-refractivity contribution in [3.63, 3.8) is 0 Å². The van der Waals surface area contributed by atoms with E-state index in [2.05, 4.69) is 10.6 Å². The van der Waals surface area contributed by atoms with Crippen LogP contribution in [-0.4, -0.2) is 65.1 Å². The van der Waals surface area contributed by atoms with Crippen LogP contribution in [0.5, 0.6) is 0 Å². The molecule has 4 aliphatic rings. The third-order valence-electron chi connectivity index (χ3n) is 6.83. The molecule has 1 aliphatic carbocycles. The second kappa shape index (κ2) is 7.91. The number of carbonyl (C=O) groups is 4. The van der Waals surface area contributed by atoms with Crippen LogP contribution in [0.2, 0.25) is 0 Å². The van der Waals surface area contributed by atoms with Gasteiger partial charge in [0.15, 0.2) is 5.78 Å². The number of nitrogens with zero attached hydrogens (tertiary/aromatic N) is 1. The zero-order valence-corrected chi connectivity index (χ0v) is 17.7. The van der Waals surface area contributed by atoms with E-state index in [1.165, 1.54) is 4.90 Å². The largest absolute Gasteiger partial charge is 0.366 e. The number of ketones is 1. The minimum absolute atomic E-state index is 0.0100. The SMILES string of the molecule is O=C1Cc2ccc(C(=O)N[C@H](C(=O)N3C[C@H](Cl)[C@H]4OCC(=O)[C@H]43)C3CCCC3)cc2N1. The number of likely N-dealkylation sites (tertiary alicyclic amines) is 1. The molecule has 0 radical (unpaired) electrons. The second-order valence-electron chi connectivity index (χ2n) is 8.79. The molecule has 9 heteroatoms. The fourth-order valence-corrected chi connectivity index (χ4v) is 5.61. The van der Waals surface area contributed by atoms with Gasteiger partial charge < -0.3 is 20.3 Å². The minimum Gasteiger partial charge on any atom is -0.366 e. The number of benzene rings is 1. The van der Waals surface area contributed by atoms with E-state index in [1.807, 2.05) is 0 Å². The van der Waals surface area contributed by atoms with Crippen LogP contribution in [0.15, 0.2) is 18.2 Å². The maximum atomic E-state index is 13.6. The van der Waals surface area contributed by atoms with Crippen molar-refractivity contribution in [2.45, 2.75) is 55.7 Å². The zero-order valence-electron chi connectivity index (χ0n) is 16.9. The van der Waals surface area contributed by atoms with E-state index in [1.54, 1.807) is 18.2 Å². The first-order chi connectivity index (χ1) is 14.9. The van der Waals surface area contributed by atoms with Crippen molar-refractivity contribution >= 4 is 40.8 Å². The summed E-state index contributed by atoms with van der Waals surface area (Å²) in [6.07, 6.45) is 3.50. The Balaban J connectivity index is 1.38. The molecule has 4 atom stereocenters. The third-order valence-corrected chi connectivity index (χ3v) is 7.21. The van der Waals surface area contributed by atoms with Crippen LogP contribution in [0.1, 0.15) is 41.6 Å². The van der Waals surface area contributed by atoms with Gasteiger partial charge in [-0.2, -0.15) is 0 Å². The van der Waals surface area contributed by atoms with Gasteiger partial charge in [0.05, 0.1) is 11.8 Å². The van der Waals surface area contributed by atoms with E-state index >= 15 is 0 Å². The number of alkyl halides is 1. The van der Waals surface area contributed by atoms with Crippen LogP contribution < -0.4 is 10.6 Å². The molecular formula is C22H24ClN3O5. The number of amides is 3. The molecule has 2 saturated heterocycles. The quantitative estimate of drug-likeness (QED) is 0.679. The van der Waals surface area contributed by atoms with Gasteiger partial charge in [0.25, 0.3) is 5.91 Å². The van der Waals surface area contributed by atoms with Gasteiger partial charge in [-0.25, -0.2) is 0 Å². The fourth-order valence-electron chi connectivity index (χ4n) is 5.25. The highest BCUT2D eigenvalue weighted by Gasteiger charge is 2.53. The summed E-state index contributed by atoms with van der Waals surface area (Å²) in [6, 6.07) is 3.66. The Kier molecular flexibility index (Phi) is 5.22. The molecule has 0 spiro atoms. The summed E-state index contributed by atoms with van der Waals surface area (Å²) in [4.78, 5) is 52.1. The molecule has 1 aromatic carbocycles. The minimum atomic E-state index is -0.728. The van der Waals surface area contributed by atoms with Crippen molar-refractivity contribution in [2.24, 2.45) is 5.92 Å². The highest BCUT2D eigenvalue weighted by molar-refractivity contribution is 6.22. The van der Waals surface area contributed by atoms with Gasteiger partial charge in [0, 0.05) is 17.8 Å². The summed E-state index contributed by atoms with van der Waals surface area (Å²) in [5.74, 6) is -0.884. The van der Waals surface area contributed by atoms with Crippen molar-refractivity contribution in [1.29, 1.82) is 0 Å². The van der Waals surface area contributed by atoms with Crippen molar-refractivity contribution < 1.29 is 23.9 Å². The third kappa shape index (κ3) is 3.61. The van der Waals surface area contributed by atoms with E-state index in [-0.39, 0.29) is 42.6 Å². The molecule has 1 saturated carbocycles. The van der Waals surface area contributed by atoms with E-state index < -0.39 is 23.6 Å². The van der Waals surface area contributed by atoms with Crippen LogP contribution in [-0.2, 0) is 25.5 Å².